The van der Waals surface area contributed by atoms with E-state index in [4.69, 9.17) is 10.5 Å². The zero-order chi connectivity index (χ0) is 15.6. The van der Waals surface area contributed by atoms with Crippen molar-refractivity contribution < 1.29 is 9.53 Å². The standard InChI is InChI=1S/C15H24N4O2/c1-9(2)13-17-8-11(16)12(19-13)14(20)18-10-5-6-21-15(3,4)7-10/h8-10H,5-7,16H2,1-4H3,(H,18,20). The van der Waals surface area contributed by atoms with E-state index < -0.39 is 0 Å². The Hall–Kier alpha value is -1.69. The Labute approximate surface area is 125 Å². The molecule has 2 heterocycles. The molecule has 0 aromatic carbocycles. The smallest absolute Gasteiger partial charge is 0.272 e. The number of anilines is 1. The minimum Gasteiger partial charge on any atom is -0.396 e. The molecule has 0 aliphatic carbocycles. The van der Waals surface area contributed by atoms with Crippen molar-refractivity contribution in [3.63, 3.8) is 0 Å². The molecule has 1 aliphatic rings. The topological polar surface area (TPSA) is 90.1 Å². The Balaban J connectivity index is 2.11. The lowest BCUT2D eigenvalue weighted by atomic mass is 9.94. The third-order valence-corrected chi connectivity index (χ3v) is 3.60. The number of ether oxygens (including phenoxy) is 1. The van der Waals surface area contributed by atoms with Crippen LogP contribution in [-0.4, -0.2) is 34.1 Å². The minimum atomic E-state index is -0.237. The number of carbonyl (C=O) groups is 1. The molecule has 1 unspecified atom stereocenters. The number of amides is 1. The molecule has 1 amide bonds. The van der Waals surface area contributed by atoms with Crippen molar-refractivity contribution in [2.45, 2.75) is 58.1 Å². The fourth-order valence-corrected chi connectivity index (χ4v) is 2.47. The maximum Gasteiger partial charge on any atom is 0.272 e. The zero-order valence-electron chi connectivity index (χ0n) is 13.1. The quantitative estimate of drug-likeness (QED) is 0.887. The molecule has 3 N–H and O–H groups in total. The minimum absolute atomic E-state index is 0.0816. The predicted octanol–water partition coefficient (Wildman–Crippen LogP) is 1.87. The van der Waals surface area contributed by atoms with Gasteiger partial charge in [0.2, 0.25) is 0 Å². The second kappa shape index (κ2) is 5.97. The van der Waals surface area contributed by atoms with Crippen LogP contribution in [-0.2, 0) is 4.74 Å². The summed E-state index contributed by atoms with van der Waals surface area (Å²) in [5.74, 6) is 0.542. The maximum atomic E-state index is 12.4. The first kappa shape index (κ1) is 15.7. The van der Waals surface area contributed by atoms with Gasteiger partial charge in [-0.15, -0.1) is 0 Å². The molecule has 2 rings (SSSR count). The van der Waals surface area contributed by atoms with Crippen LogP contribution < -0.4 is 11.1 Å². The van der Waals surface area contributed by atoms with Crippen molar-refractivity contribution in [3.8, 4) is 0 Å². The second-order valence-corrected chi connectivity index (χ2v) is 6.46. The van der Waals surface area contributed by atoms with E-state index in [1.807, 2.05) is 27.7 Å². The largest absolute Gasteiger partial charge is 0.396 e. The highest BCUT2D eigenvalue weighted by molar-refractivity contribution is 5.97. The van der Waals surface area contributed by atoms with Gasteiger partial charge in [-0.1, -0.05) is 13.8 Å². The fourth-order valence-electron chi connectivity index (χ4n) is 2.47. The summed E-state index contributed by atoms with van der Waals surface area (Å²) in [5.41, 5.74) is 6.20. The molecule has 1 fully saturated rings. The van der Waals surface area contributed by atoms with Crippen LogP contribution in [0.25, 0.3) is 0 Å². The molecule has 1 aromatic heterocycles. The number of hydrogen-bond donors (Lipinski definition) is 2. The average Bonchev–Trinajstić information content (AvgIpc) is 2.37. The van der Waals surface area contributed by atoms with Crippen LogP contribution in [0.4, 0.5) is 5.69 Å². The molecule has 1 aliphatic heterocycles. The molecule has 21 heavy (non-hydrogen) atoms. The molecule has 0 bridgehead atoms. The van der Waals surface area contributed by atoms with Gasteiger partial charge in [-0.25, -0.2) is 9.97 Å². The SMILES string of the molecule is CC(C)c1ncc(N)c(C(=O)NC2CCOC(C)(C)C2)n1. The summed E-state index contributed by atoms with van der Waals surface area (Å²) in [4.78, 5) is 20.8. The first-order valence-corrected chi connectivity index (χ1v) is 7.36. The van der Waals surface area contributed by atoms with Gasteiger partial charge in [-0.3, -0.25) is 4.79 Å². The van der Waals surface area contributed by atoms with E-state index in [0.717, 1.165) is 12.8 Å². The van der Waals surface area contributed by atoms with E-state index >= 15 is 0 Å². The van der Waals surface area contributed by atoms with Crippen molar-refractivity contribution in [1.29, 1.82) is 0 Å². The molecule has 116 valence electrons. The number of hydrogen-bond acceptors (Lipinski definition) is 5. The first-order chi connectivity index (χ1) is 9.78. The number of nitrogens with two attached hydrogens (primary N) is 1. The van der Waals surface area contributed by atoms with Crippen LogP contribution >= 0.6 is 0 Å². The molecular formula is C15H24N4O2. The van der Waals surface area contributed by atoms with Gasteiger partial charge in [0.1, 0.15) is 5.82 Å². The Kier molecular flexibility index (Phi) is 4.46. The molecule has 0 spiro atoms. The summed E-state index contributed by atoms with van der Waals surface area (Å²) in [6, 6.07) is 0.0816. The number of nitrogens with one attached hydrogen (secondary N) is 1. The Morgan fingerprint density at radius 2 is 2.24 bits per heavy atom. The van der Waals surface area contributed by atoms with E-state index in [9.17, 15) is 4.79 Å². The van der Waals surface area contributed by atoms with Gasteiger partial charge < -0.3 is 15.8 Å². The number of aromatic nitrogens is 2. The number of carbonyl (C=O) groups excluding carboxylic acids is 1. The van der Waals surface area contributed by atoms with Crippen LogP contribution in [0.3, 0.4) is 0 Å². The lowest BCUT2D eigenvalue weighted by Gasteiger charge is -2.35. The van der Waals surface area contributed by atoms with Crippen LogP contribution in [0, 0.1) is 0 Å². The van der Waals surface area contributed by atoms with Gasteiger partial charge in [-0.05, 0) is 26.7 Å². The van der Waals surface area contributed by atoms with E-state index in [0.29, 0.717) is 18.1 Å². The van der Waals surface area contributed by atoms with E-state index in [2.05, 4.69) is 15.3 Å². The number of rotatable bonds is 3. The summed E-state index contributed by atoms with van der Waals surface area (Å²) in [5, 5.41) is 3.01. The zero-order valence-corrected chi connectivity index (χ0v) is 13.1. The summed E-state index contributed by atoms with van der Waals surface area (Å²) < 4.78 is 5.66. The first-order valence-electron chi connectivity index (χ1n) is 7.36. The third kappa shape index (κ3) is 3.91. The van der Waals surface area contributed by atoms with Crippen molar-refractivity contribution >= 4 is 11.6 Å². The van der Waals surface area contributed by atoms with Crippen LogP contribution in [0.5, 0.6) is 0 Å². The average molecular weight is 292 g/mol. The highest BCUT2D eigenvalue weighted by atomic mass is 16.5. The van der Waals surface area contributed by atoms with Crippen LogP contribution in [0.2, 0.25) is 0 Å². The molecule has 1 aromatic rings. The van der Waals surface area contributed by atoms with Gasteiger partial charge in [0.15, 0.2) is 5.69 Å². The molecular weight excluding hydrogens is 268 g/mol. The van der Waals surface area contributed by atoms with Crippen molar-refractivity contribution in [1.82, 2.24) is 15.3 Å². The Bertz CT molecular complexity index is 528. The van der Waals surface area contributed by atoms with Gasteiger partial charge in [0.25, 0.3) is 5.91 Å². The molecule has 6 heteroatoms. The second-order valence-electron chi connectivity index (χ2n) is 6.46. The van der Waals surface area contributed by atoms with Gasteiger partial charge in [0.05, 0.1) is 17.5 Å². The van der Waals surface area contributed by atoms with E-state index in [1.165, 1.54) is 6.20 Å². The predicted molar refractivity (Wildman–Crippen MR) is 81.1 cm³/mol. The highest BCUT2D eigenvalue weighted by Gasteiger charge is 2.30. The third-order valence-electron chi connectivity index (χ3n) is 3.60. The van der Waals surface area contributed by atoms with Gasteiger partial charge in [0, 0.05) is 18.6 Å². The lowest BCUT2D eigenvalue weighted by Crippen LogP contribution is -2.46. The summed E-state index contributed by atoms with van der Waals surface area (Å²) >= 11 is 0. The maximum absolute atomic E-state index is 12.4. The van der Waals surface area contributed by atoms with Crippen molar-refractivity contribution in [3.05, 3.63) is 17.7 Å². The van der Waals surface area contributed by atoms with E-state index in [-0.39, 0.29) is 29.2 Å². The fraction of sp³-hybridized carbons (Fsp3) is 0.667. The Morgan fingerprint density at radius 3 is 2.86 bits per heavy atom. The Morgan fingerprint density at radius 1 is 1.52 bits per heavy atom. The van der Waals surface area contributed by atoms with Crippen molar-refractivity contribution in [2.75, 3.05) is 12.3 Å². The summed E-state index contributed by atoms with van der Waals surface area (Å²) in [6.07, 6.45) is 3.09. The highest BCUT2D eigenvalue weighted by Crippen LogP contribution is 2.24. The summed E-state index contributed by atoms with van der Waals surface area (Å²) in [6.45, 7) is 8.67. The summed E-state index contributed by atoms with van der Waals surface area (Å²) in [7, 11) is 0. The number of nitrogens with zero attached hydrogens (tertiary/aromatic N) is 2. The van der Waals surface area contributed by atoms with Crippen molar-refractivity contribution in [2.24, 2.45) is 0 Å². The van der Waals surface area contributed by atoms with Gasteiger partial charge in [-0.2, -0.15) is 0 Å². The normalized spacial score (nSPS) is 21.3. The molecule has 0 radical (unpaired) electrons. The molecule has 1 saturated heterocycles. The molecule has 0 saturated carbocycles. The van der Waals surface area contributed by atoms with Crippen LogP contribution in [0.15, 0.2) is 6.20 Å². The lowest BCUT2D eigenvalue weighted by molar-refractivity contribution is -0.0615. The van der Waals surface area contributed by atoms with Gasteiger partial charge >= 0.3 is 0 Å². The monoisotopic (exact) mass is 292 g/mol. The number of nitrogen functional groups attached to an aromatic ring is 1. The molecule has 6 nitrogen and oxygen atoms in total. The van der Waals surface area contributed by atoms with Crippen LogP contribution in [0.1, 0.15) is 62.8 Å². The molecule has 1 atom stereocenters. The van der Waals surface area contributed by atoms with E-state index in [1.54, 1.807) is 0 Å².